The molecule has 5 nitrogen and oxygen atoms in total. The smallest absolute Gasteiger partial charge is 0.331 e. The Hall–Kier alpha value is -1.40. The van der Waals surface area contributed by atoms with E-state index in [0.29, 0.717) is 18.0 Å². The van der Waals surface area contributed by atoms with Crippen LogP contribution < -0.4 is 0 Å². The van der Waals surface area contributed by atoms with E-state index in [0.717, 1.165) is 4.88 Å². The Balaban J connectivity index is 2.18. The van der Waals surface area contributed by atoms with Gasteiger partial charge in [-0.25, -0.2) is 4.79 Å². The molecule has 2 rings (SSSR count). The van der Waals surface area contributed by atoms with Gasteiger partial charge < -0.3 is 14.4 Å². The minimum Gasteiger partial charge on any atom is -0.467 e. The minimum absolute atomic E-state index is 0.133. The van der Waals surface area contributed by atoms with Crippen molar-refractivity contribution in [2.45, 2.75) is 13.0 Å². The number of ether oxygens (including phenoxy) is 2. The van der Waals surface area contributed by atoms with E-state index in [1.807, 2.05) is 13.0 Å². The maximum Gasteiger partial charge on any atom is 0.331 e. The van der Waals surface area contributed by atoms with Crippen molar-refractivity contribution in [1.29, 1.82) is 0 Å². The van der Waals surface area contributed by atoms with Gasteiger partial charge in [0, 0.05) is 11.4 Å². The van der Waals surface area contributed by atoms with E-state index in [1.165, 1.54) is 23.3 Å². The molecule has 0 bridgehead atoms. The first-order valence-corrected chi connectivity index (χ1v) is 6.48. The summed E-state index contributed by atoms with van der Waals surface area (Å²) in [5.74, 6) is -0.567. The van der Waals surface area contributed by atoms with Gasteiger partial charge in [0.25, 0.3) is 5.91 Å². The van der Waals surface area contributed by atoms with E-state index in [9.17, 15) is 9.59 Å². The summed E-state index contributed by atoms with van der Waals surface area (Å²) in [5, 5.41) is 0. The van der Waals surface area contributed by atoms with Gasteiger partial charge in [-0.05, 0) is 19.1 Å². The number of esters is 1. The molecule has 1 fully saturated rings. The van der Waals surface area contributed by atoms with Crippen molar-refractivity contribution >= 4 is 23.2 Å². The summed E-state index contributed by atoms with van der Waals surface area (Å²) in [7, 11) is 1.31. The molecule has 0 aliphatic carbocycles. The van der Waals surface area contributed by atoms with E-state index in [1.54, 1.807) is 6.07 Å². The van der Waals surface area contributed by atoms with Gasteiger partial charge in [-0.2, -0.15) is 0 Å². The number of rotatable bonds is 2. The molecule has 1 saturated heterocycles. The number of aryl methyl sites for hydroxylation is 1. The largest absolute Gasteiger partial charge is 0.467 e. The summed E-state index contributed by atoms with van der Waals surface area (Å²) in [6.45, 7) is 3.00. The zero-order chi connectivity index (χ0) is 13.1. The fourth-order valence-electron chi connectivity index (χ4n) is 1.87. The van der Waals surface area contributed by atoms with Gasteiger partial charge in [-0.3, -0.25) is 4.79 Å². The summed E-state index contributed by atoms with van der Waals surface area (Å²) >= 11 is 1.43. The molecule has 0 saturated carbocycles. The second-order valence-corrected chi connectivity index (χ2v) is 5.31. The molecule has 2 heterocycles. The van der Waals surface area contributed by atoms with Crippen LogP contribution in [0, 0.1) is 6.92 Å². The predicted octanol–water partition coefficient (Wildman–Crippen LogP) is 1.07. The summed E-state index contributed by atoms with van der Waals surface area (Å²) in [5.41, 5.74) is 0. The Labute approximate surface area is 109 Å². The number of carbonyl (C=O) groups is 2. The Morgan fingerprint density at radius 1 is 1.50 bits per heavy atom. The van der Waals surface area contributed by atoms with E-state index in [-0.39, 0.29) is 12.5 Å². The highest BCUT2D eigenvalue weighted by Crippen LogP contribution is 2.20. The fraction of sp³-hybridized carbons (Fsp3) is 0.500. The second-order valence-electron chi connectivity index (χ2n) is 4.02. The zero-order valence-corrected chi connectivity index (χ0v) is 11.2. The van der Waals surface area contributed by atoms with E-state index >= 15 is 0 Å². The van der Waals surface area contributed by atoms with Gasteiger partial charge in [-0.15, -0.1) is 11.3 Å². The normalized spacial score (nSPS) is 19.7. The van der Waals surface area contributed by atoms with E-state index in [4.69, 9.17) is 9.47 Å². The predicted molar refractivity (Wildman–Crippen MR) is 66.7 cm³/mol. The summed E-state index contributed by atoms with van der Waals surface area (Å²) in [4.78, 5) is 27.2. The number of amides is 1. The van der Waals surface area contributed by atoms with Crippen LogP contribution in [0.25, 0.3) is 0 Å². The zero-order valence-electron chi connectivity index (χ0n) is 10.3. The standard InChI is InChI=1S/C12H15NO4S/c1-8-3-4-10(18-8)11(14)13-5-6-17-7-9(13)12(15)16-2/h3-4,9H,5-7H2,1-2H3. The van der Waals surface area contributed by atoms with Crippen LogP contribution in [0.5, 0.6) is 0 Å². The molecule has 0 spiro atoms. The van der Waals surface area contributed by atoms with E-state index < -0.39 is 12.0 Å². The Morgan fingerprint density at radius 3 is 2.89 bits per heavy atom. The molecule has 0 N–H and O–H groups in total. The van der Waals surface area contributed by atoms with Crippen molar-refractivity contribution < 1.29 is 19.1 Å². The molecule has 18 heavy (non-hydrogen) atoms. The highest BCUT2D eigenvalue weighted by molar-refractivity contribution is 7.13. The molecule has 1 aliphatic rings. The average Bonchev–Trinajstić information content (AvgIpc) is 2.83. The van der Waals surface area contributed by atoms with Crippen molar-refractivity contribution in [3.63, 3.8) is 0 Å². The summed E-state index contributed by atoms with van der Waals surface area (Å²) in [6.07, 6.45) is 0. The van der Waals surface area contributed by atoms with Crippen LogP contribution in [0.1, 0.15) is 14.5 Å². The van der Waals surface area contributed by atoms with Crippen LogP contribution in [0.15, 0.2) is 12.1 Å². The van der Waals surface area contributed by atoms with Gasteiger partial charge >= 0.3 is 5.97 Å². The second kappa shape index (κ2) is 5.49. The van der Waals surface area contributed by atoms with Crippen LogP contribution in [0.4, 0.5) is 0 Å². The number of hydrogen-bond acceptors (Lipinski definition) is 5. The molecule has 1 aromatic heterocycles. The van der Waals surface area contributed by atoms with E-state index in [2.05, 4.69) is 0 Å². The first-order valence-electron chi connectivity index (χ1n) is 5.66. The van der Waals surface area contributed by atoms with Gasteiger partial charge in [-0.1, -0.05) is 0 Å². The van der Waals surface area contributed by atoms with Crippen LogP contribution in [-0.4, -0.2) is 49.7 Å². The van der Waals surface area contributed by atoms with Crippen molar-refractivity contribution in [1.82, 2.24) is 4.90 Å². The number of morpholine rings is 1. The number of thiophene rings is 1. The van der Waals surface area contributed by atoms with Gasteiger partial charge in [0.15, 0.2) is 6.04 Å². The molecule has 98 valence electrons. The molecule has 1 aromatic rings. The average molecular weight is 269 g/mol. The first kappa shape index (κ1) is 13.0. The lowest BCUT2D eigenvalue weighted by molar-refractivity contribution is -0.151. The van der Waals surface area contributed by atoms with Crippen LogP contribution in [0.3, 0.4) is 0 Å². The minimum atomic E-state index is -0.640. The summed E-state index contributed by atoms with van der Waals surface area (Å²) < 4.78 is 9.94. The van der Waals surface area contributed by atoms with Crippen molar-refractivity contribution in [2.75, 3.05) is 26.9 Å². The summed E-state index contributed by atoms with van der Waals surface area (Å²) in [6, 6.07) is 3.04. The topological polar surface area (TPSA) is 55.8 Å². The lowest BCUT2D eigenvalue weighted by Crippen LogP contribution is -2.52. The third kappa shape index (κ3) is 2.54. The number of carbonyl (C=O) groups excluding carboxylic acids is 2. The van der Waals surface area contributed by atoms with Gasteiger partial charge in [0.2, 0.25) is 0 Å². The molecule has 6 heteroatoms. The quantitative estimate of drug-likeness (QED) is 0.754. The fourth-order valence-corrected chi connectivity index (χ4v) is 2.69. The van der Waals surface area contributed by atoms with Gasteiger partial charge in [0.1, 0.15) is 0 Å². The molecule has 0 radical (unpaired) electrons. The molecule has 1 amide bonds. The maximum absolute atomic E-state index is 12.3. The number of nitrogens with zero attached hydrogens (tertiary/aromatic N) is 1. The molecule has 1 aliphatic heterocycles. The van der Waals surface area contributed by atoms with Crippen LogP contribution >= 0.6 is 11.3 Å². The molecule has 0 aromatic carbocycles. The first-order chi connectivity index (χ1) is 8.63. The van der Waals surface area contributed by atoms with Crippen molar-refractivity contribution in [3.8, 4) is 0 Å². The van der Waals surface area contributed by atoms with Crippen molar-refractivity contribution in [2.24, 2.45) is 0 Å². The third-order valence-electron chi connectivity index (χ3n) is 2.81. The molecule has 1 atom stereocenters. The maximum atomic E-state index is 12.3. The van der Waals surface area contributed by atoms with Crippen molar-refractivity contribution in [3.05, 3.63) is 21.9 Å². The highest BCUT2D eigenvalue weighted by Gasteiger charge is 2.34. The lowest BCUT2D eigenvalue weighted by Gasteiger charge is -2.33. The van der Waals surface area contributed by atoms with Crippen LogP contribution in [0.2, 0.25) is 0 Å². The lowest BCUT2D eigenvalue weighted by atomic mass is 10.2. The monoisotopic (exact) mass is 269 g/mol. The number of methoxy groups -OCH3 is 1. The third-order valence-corrected chi connectivity index (χ3v) is 3.80. The Kier molecular flexibility index (Phi) is 3.98. The van der Waals surface area contributed by atoms with Gasteiger partial charge in [0.05, 0.1) is 25.2 Å². The Bertz CT molecular complexity index is 457. The molecular weight excluding hydrogens is 254 g/mol. The molecular formula is C12H15NO4S. The molecule has 1 unspecified atom stereocenters. The highest BCUT2D eigenvalue weighted by atomic mass is 32.1. The SMILES string of the molecule is COC(=O)C1COCCN1C(=O)c1ccc(C)s1. The van der Waals surface area contributed by atoms with Crippen LogP contribution in [-0.2, 0) is 14.3 Å². The number of hydrogen-bond donors (Lipinski definition) is 0. The Morgan fingerprint density at radius 2 is 2.28 bits per heavy atom.